The summed E-state index contributed by atoms with van der Waals surface area (Å²) in [6.45, 7) is 4.08. The summed E-state index contributed by atoms with van der Waals surface area (Å²) >= 11 is 0. The first-order valence-corrected chi connectivity index (χ1v) is 7.20. The molecular formula is C16H19N3O3. The molecule has 0 saturated carbocycles. The van der Waals surface area contributed by atoms with Gasteiger partial charge in [-0.05, 0) is 43.7 Å². The molecule has 0 aliphatic heterocycles. The average molecular weight is 301 g/mol. The van der Waals surface area contributed by atoms with E-state index in [1.54, 1.807) is 42.1 Å². The molecule has 1 N–H and O–H groups in total. The summed E-state index contributed by atoms with van der Waals surface area (Å²) in [6, 6.07) is 8.65. The number of rotatable bonds is 6. The van der Waals surface area contributed by atoms with Gasteiger partial charge in [-0.3, -0.25) is 4.79 Å². The van der Waals surface area contributed by atoms with Crippen molar-refractivity contribution >= 4 is 11.9 Å². The molecule has 1 atom stereocenters. The van der Waals surface area contributed by atoms with Gasteiger partial charge in [0, 0.05) is 18.9 Å². The summed E-state index contributed by atoms with van der Waals surface area (Å²) in [4.78, 5) is 23.7. The SMILES string of the molecule is CCCNC(=O)[C@H](C)OC(=O)c1ccc(-n2cccn2)cc1. The van der Waals surface area contributed by atoms with E-state index in [9.17, 15) is 9.59 Å². The minimum atomic E-state index is -0.815. The number of benzene rings is 1. The van der Waals surface area contributed by atoms with Crippen LogP contribution in [0.5, 0.6) is 0 Å². The Morgan fingerprint density at radius 1 is 1.32 bits per heavy atom. The lowest BCUT2D eigenvalue weighted by molar-refractivity contribution is -0.129. The van der Waals surface area contributed by atoms with E-state index >= 15 is 0 Å². The van der Waals surface area contributed by atoms with Crippen molar-refractivity contribution in [2.75, 3.05) is 6.54 Å². The van der Waals surface area contributed by atoms with E-state index in [1.807, 2.05) is 19.2 Å². The number of esters is 1. The number of ether oxygens (including phenoxy) is 1. The van der Waals surface area contributed by atoms with Crippen LogP contribution in [0.4, 0.5) is 0 Å². The van der Waals surface area contributed by atoms with Gasteiger partial charge in [0.2, 0.25) is 0 Å². The van der Waals surface area contributed by atoms with Crippen molar-refractivity contribution in [3.63, 3.8) is 0 Å². The van der Waals surface area contributed by atoms with Crippen LogP contribution in [0.2, 0.25) is 0 Å². The van der Waals surface area contributed by atoms with Crippen LogP contribution in [0.25, 0.3) is 5.69 Å². The fourth-order valence-electron chi connectivity index (χ4n) is 1.85. The van der Waals surface area contributed by atoms with Gasteiger partial charge >= 0.3 is 5.97 Å². The number of amides is 1. The van der Waals surface area contributed by atoms with Crippen molar-refractivity contribution < 1.29 is 14.3 Å². The van der Waals surface area contributed by atoms with Gasteiger partial charge in [-0.2, -0.15) is 5.10 Å². The second kappa shape index (κ2) is 7.40. The maximum absolute atomic E-state index is 12.0. The van der Waals surface area contributed by atoms with Gasteiger partial charge in [0.05, 0.1) is 11.3 Å². The highest BCUT2D eigenvalue weighted by molar-refractivity contribution is 5.92. The van der Waals surface area contributed by atoms with Crippen molar-refractivity contribution in [2.45, 2.75) is 26.4 Å². The molecule has 0 radical (unpaired) electrons. The smallest absolute Gasteiger partial charge is 0.338 e. The van der Waals surface area contributed by atoms with E-state index in [2.05, 4.69) is 10.4 Å². The molecule has 6 nitrogen and oxygen atoms in total. The van der Waals surface area contributed by atoms with Crippen LogP contribution in [0.3, 0.4) is 0 Å². The summed E-state index contributed by atoms with van der Waals surface area (Å²) in [6.07, 6.45) is 3.51. The highest BCUT2D eigenvalue weighted by Gasteiger charge is 2.18. The van der Waals surface area contributed by atoms with Gasteiger partial charge in [-0.25, -0.2) is 9.48 Å². The molecule has 1 aromatic carbocycles. The Kier molecular flexibility index (Phi) is 5.30. The van der Waals surface area contributed by atoms with E-state index in [0.717, 1.165) is 12.1 Å². The van der Waals surface area contributed by atoms with Crippen LogP contribution in [-0.4, -0.2) is 34.3 Å². The Bertz CT molecular complexity index is 621. The van der Waals surface area contributed by atoms with Gasteiger partial charge < -0.3 is 10.1 Å². The van der Waals surface area contributed by atoms with E-state index in [-0.39, 0.29) is 5.91 Å². The molecule has 0 spiro atoms. The lowest BCUT2D eigenvalue weighted by Crippen LogP contribution is -2.36. The zero-order chi connectivity index (χ0) is 15.9. The number of aromatic nitrogens is 2. The van der Waals surface area contributed by atoms with Gasteiger partial charge in [0.15, 0.2) is 6.10 Å². The van der Waals surface area contributed by atoms with Crippen LogP contribution in [0.15, 0.2) is 42.7 Å². The third-order valence-corrected chi connectivity index (χ3v) is 3.07. The number of carbonyl (C=O) groups is 2. The minimum Gasteiger partial charge on any atom is -0.449 e. The van der Waals surface area contributed by atoms with E-state index in [1.165, 1.54) is 0 Å². The zero-order valence-electron chi connectivity index (χ0n) is 12.7. The van der Waals surface area contributed by atoms with Gasteiger partial charge in [-0.15, -0.1) is 0 Å². The molecule has 22 heavy (non-hydrogen) atoms. The predicted molar refractivity (Wildman–Crippen MR) is 81.7 cm³/mol. The molecule has 0 aliphatic carbocycles. The predicted octanol–water partition coefficient (Wildman–Crippen LogP) is 1.94. The van der Waals surface area contributed by atoms with Crippen LogP contribution in [0.1, 0.15) is 30.6 Å². The van der Waals surface area contributed by atoms with E-state index < -0.39 is 12.1 Å². The molecule has 1 amide bonds. The summed E-state index contributed by atoms with van der Waals surface area (Å²) < 4.78 is 6.84. The molecule has 2 aromatic rings. The van der Waals surface area contributed by atoms with Crippen molar-refractivity contribution in [3.8, 4) is 5.69 Å². The Morgan fingerprint density at radius 3 is 2.64 bits per heavy atom. The Balaban J connectivity index is 1.96. The number of hydrogen-bond donors (Lipinski definition) is 1. The molecule has 0 bridgehead atoms. The zero-order valence-corrected chi connectivity index (χ0v) is 12.7. The molecule has 1 aromatic heterocycles. The summed E-state index contributed by atoms with van der Waals surface area (Å²) in [7, 11) is 0. The summed E-state index contributed by atoms with van der Waals surface area (Å²) in [5.74, 6) is -0.811. The number of carbonyl (C=O) groups excluding carboxylic acids is 2. The van der Waals surface area contributed by atoms with Crippen LogP contribution >= 0.6 is 0 Å². The maximum Gasteiger partial charge on any atom is 0.338 e. The fourth-order valence-corrected chi connectivity index (χ4v) is 1.85. The van der Waals surface area contributed by atoms with E-state index in [0.29, 0.717) is 12.1 Å². The van der Waals surface area contributed by atoms with Gasteiger partial charge in [-0.1, -0.05) is 6.92 Å². The number of hydrogen-bond acceptors (Lipinski definition) is 4. The number of nitrogens with zero attached hydrogens (tertiary/aromatic N) is 2. The normalized spacial score (nSPS) is 11.7. The average Bonchev–Trinajstić information content (AvgIpc) is 3.07. The summed E-state index contributed by atoms with van der Waals surface area (Å²) in [5, 5.41) is 6.80. The molecular weight excluding hydrogens is 282 g/mol. The fraction of sp³-hybridized carbons (Fsp3) is 0.312. The molecule has 0 unspecified atom stereocenters. The first-order valence-electron chi connectivity index (χ1n) is 7.20. The highest BCUT2D eigenvalue weighted by Crippen LogP contribution is 2.10. The minimum absolute atomic E-state index is 0.289. The van der Waals surface area contributed by atoms with Crippen molar-refractivity contribution in [2.24, 2.45) is 0 Å². The molecule has 6 heteroatoms. The molecule has 0 saturated heterocycles. The Hall–Kier alpha value is -2.63. The first-order chi connectivity index (χ1) is 10.6. The topological polar surface area (TPSA) is 73.2 Å². The van der Waals surface area contributed by atoms with Crippen molar-refractivity contribution in [1.29, 1.82) is 0 Å². The highest BCUT2D eigenvalue weighted by atomic mass is 16.5. The van der Waals surface area contributed by atoms with Crippen molar-refractivity contribution in [3.05, 3.63) is 48.3 Å². The summed E-state index contributed by atoms with van der Waals surface area (Å²) in [5.41, 5.74) is 1.24. The van der Waals surface area contributed by atoms with Crippen LogP contribution < -0.4 is 5.32 Å². The second-order valence-electron chi connectivity index (χ2n) is 4.84. The first kappa shape index (κ1) is 15.8. The Morgan fingerprint density at radius 2 is 2.05 bits per heavy atom. The molecule has 0 fully saturated rings. The molecule has 0 aliphatic rings. The molecule has 1 heterocycles. The third kappa shape index (κ3) is 3.94. The third-order valence-electron chi connectivity index (χ3n) is 3.07. The monoisotopic (exact) mass is 301 g/mol. The van der Waals surface area contributed by atoms with E-state index in [4.69, 9.17) is 4.74 Å². The van der Waals surface area contributed by atoms with Gasteiger partial charge in [0.25, 0.3) is 5.91 Å². The van der Waals surface area contributed by atoms with Gasteiger partial charge in [0.1, 0.15) is 0 Å². The largest absolute Gasteiger partial charge is 0.449 e. The second-order valence-corrected chi connectivity index (χ2v) is 4.84. The lowest BCUT2D eigenvalue weighted by Gasteiger charge is -2.13. The quantitative estimate of drug-likeness (QED) is 0.828. The number of nitrogens with one attached hydrogen (secondary N) is 1. The van der Waals surface area contributed by atoms with Crippen molar-refractivity contribution in [1.82, 2.24) is 15.1 Å². The Labute approximate surface area is 129 Å². The standard InChI is InChI=1S/C16H19N3O3/c1-3-9-17-15(20)12(2)22-16(21)13-5-7-14(8-6-13)19-11-4-10-18-19/h4-8,10-12H,3,9H2,1-2H3,(H,17,20)/t12-/m0/s1. The van der Waals surface area contributed by atoms with Crippen LogP contribution in [0, 0.1) is 0 Å². The lowest BCUT2D eigenvalue weighted by atomic mass is 10.2. The molecule has 116 valence electrons. The maximum atomic E-state index is 12.0. The van der Waals surface area contributed by atoms with Crippen LogP contribution in [-0.2, 0) is 9.53 Å². The molecule has 2 rings (SSSR count).